The normalized spacial score (nSPS) is 19.2. The SMILES string of the molecule is COCCn1nc2c(c1C(=O)NCc1cccnc1C)C[C@H](C)O[C@@H]2C. The highest BCUT2D eigenvalue weighted by Crippen LogP contribution is 2.31. The molecular weight excluding hydrogens is 332 g/mol. The number of hydrogen-bond donors (Lipinski definition) is 1. The Bertz CT molecular complexity index is 787. The molecule has 140 valence electrons. The van der Waals surface area contributed by atoms with Gasteiger partial charge >= 0.3 is 0 Å². The summed E-state index contributed by atoms with van der Waals surface area (Å²) in [7, 11) is 1.64. The molecule has 0 bridgehead atoms. The summed E-state index contributed by atoms with van der Waals surface area (Å²) in [5.41, 5.74) is 4.36. The summed E-state index contributed by atoms with van der Waals surface area (Å²) in [6, 6.07) is 3.85. The Labute approximate surface area is 153 Å². The Kier molecular flexibility index (Phi) is 5.68. The van der Waals surface area contributed by atoms with Crippen molar-refractivity contribution in [1.82, 2.24) is 20.1 Å². The Balaban J connectivity index is 1.87. The van der Waals surface area contributed by atoms with E-state index in [2.05, 4.69) is 15.4 Å². The van der Waals surface area contributed by atoms with Crippen molar-refractivity contribution in [2.24, 2.45) is 0 Å². The van der Waals surface area contributed by atoms with Gasteiger partial charge in [-0.1, -0.05) is 6.07 Å². The van der Waals surface area contributed by atoms with Crippen molar-refractivity contribution >= 4 is 5.91 Å². The molecule has 1 aliphatic heterocycles. The lowest BCUT2D eigenvalue weighted by molar-refractivity contribution is -0.00716. The fraction of sp³-hybridized carbons (Fsp3) is 0.526. The molecule has 0 aliphatic carbocycles. The molecule has 0 saturated carbocycles. The van der Waals surface area contributed by atoms with E-state index in [9.17, 15) is 4.79 Å². The third kappa shape index (κ3) is 3.78. The molecule has 7 nitrogen and oxygen atoms in total. The van der Waals surface area contributed by atoms with Crippen molar-refractivity contribution in [1.29, 1.82) is 0 Å². The predicted molar refractivity (Wildman–Crippen MR) is 96.9 cm³/mol. The molecule has 0 aromatic carbocycles. The molecule has 7 heteroatoms. The molecule has 1 N–H and O–H groups in total. The Hall–Kier alpha value is -2.25. The number of rotatable bonds is 6. The zero-order chi connectivity index (χ0) is 18.7. The van der Waals surface area contributed by atoms with Gasteiger partial charge in [0.15, 0.2) is 0 Å². The maximum atomic E-state index is 13.0. The molecular formula is C19H26N4O3. The van der Waals surface area contributed by atoms with E-state index in [0.29, 0.717) is 31.8 Å². The fourth-order valence-electron chi connectivity index (χ4n) is 3.35. The van der Waals surface area contributed by atoms with Gasteiger partial charge in [0.2, 0.25) is 0 Å². The molecule has 0 unspecified atom stereocenters. The molecule has 0 radical (unpaired) electrons. The van der Waals surface area contributed by atoms with Crippen molar-refractivity contribution in [3.05, 3.63) is 46.5 Å². The van der Waals surface area contributed by atoms with Crippen molar-refractivity contribution in [3.8, 4) is 0 Å². The number of nitrogens with one attached hydrogen (secondary N) is 1. The van der Waals surface area contributed by atoms with Crippen LogP contribution in [0.4, 0.5) is 0 Å². The lowest BCUT2D eigenvalue weighted by atomic mass is 9.99. The first-order chi connectivity index (χ1) is 12.5. The highest BCUT2D eigenvalue weighted by molar-refractivity contribution is 5.94. The van der Waals surface area contributed by atoms with Crippen LogP contribution >= 0.6 is 0 Å². The van der Waals surface area contributed by atoms with Crippen molar-refractivity contribution < 1.29 is 14.3 Å². The first-order valence-corrected chi connectivity index (χ1v) is 8.94. The van der Waals surface area contributed by atoms with E-state index in [1.54, 1.807) is 18.0 Å². The largest absolute Gasteiger partial charge is 0.383 e. The second-order valence-corrected chi connectivity index (χ2v) is 6.65. The van der Waals surface area contributed by atoms with Crippen LogP contribution in [-0.4, -0.2) is 40.5 Å². The second kappa shape index (κ2) is 7.97. The standard InChI is InChI=1S/C19H26N4O3/c1-12-10-16-17(14(3)26-12)22-23(8-9-25-4)18(16)19(24)21-11-15-6-5-7-20-13(15)2/h5-7,12,14H,8-11H2,1-4H3,(H,21,24)/t12-,14+/m0/s1. The smallest absolute Gasteiger partial charge is 0.270 e. The van der Waals surface area contributed by atoms with Crippen LogP contribution in [0, 0.1) is 6.92 Å². The van der Waals surface area contributed by atoms with Crippen LogP contribution in [-0.2, 0) is 29.0 Å². The minimum atomic E-state index is -0.126. The van der Waals surface area contributed by atoms with Gasteiger partial charge in [-0.3, -0.25) is 14.5 Å². The highest BCUT2D eigenvalue weighted by Gasteiger charge is 2.32. The number of aryl methyl sites for hydroxylation is 1. The van der Waals surface area contributed by atoms with Crippen LogP contribution in [0.1, 0.15) is 53.0 Å². The van der Waals surface area contributed by atoms with Gasteiger partial charge in [-0.15, -0.1) is 0 Å². The van der Waals surface area contributed by atoms with Crippen LogP contribution in [0.3, 0.4) is 0 Å². The van der Waals surface area contributed by atoms with Crippen LogP contribution in [0.25, 0.3) is 0 Å². The third-order valence-electron chi connectivity index (χ3n) is 4.67. The molecule has 2 aromatic heterocycles. The number of pyridine rings is 1. The van der Waals surface area contributed by atoms with E-state index in [4.69, 9.17) is 9.47 Å². The van der Waals surface area contributed by atoms with Gasteiger partial charge in [0.25, 0.3) is 5.91 Å². The number of amides is 1. The van der Waals surface area contributed by atoms with Gasteiger partial charge in [-0.05, 0) is 32.4 Å². The van der Waals surface area contributed by atoms with Crippen molar-refractivity contribution in [2.45, 2.75) is 52.5 Å². The number of hydrogen-bond acceptors (Lipinski definition) is 5. The Morgan fingerprint density at radius 2 is 2.27 bits per heavy atom. The molecule has 0 saturated heterocycles. The predicted octanol–water partition coefficient (Wildman–Crippen LogP) is 2.19. The fourth-order valence-corrected chi connectivity index (χ4v) is 3.35. The molecule has 0 fully saturated rings. The summed E-state index contributed by atoms with van der Waals surface area (Å²) in [4.78, 5) is 17.3. The lowest BCUT2D eigenvalue weighted by Gasteiger charge is -2.24. The maximum absolute atomic E-state index is 13.0. The summed E-state index contributed by atoms with van der Waals surface area (Å²) in [5, 5.41) is 7.65. The minimum absolute atomic E-state index is 0.0599. The molecule has 1 aliphatic rings. The van der Waals surface area contributed by atoms with E-state index in [1.807, 2.05) is 32.9 Å². The molecule has 3 heterocycles. The number of carbonyl (C=O) groups excluding carboxylic acids is 1. The second-order valence-electron chi connectivity index (χ2n) is 6.65. The Morgan fingerprint density at radius 1 is 1.46 bits per heavy atom. The molecule has 2 atom stereocenters. The summed E-state index contributed by atoms with van der Waals surface area (Å²) < 4.78 is 12.8. The van der Waals surface area contributed by atoms with E-state index in [0.717, 1.165) is 22.5 Å². The number of fused-ring (bicyclic) bond motifs is 1. The van der Waals surface area contributed by atoms with Gasteiger partial charge < -0.3 is 14.8 Å². The Morgan fingerprint density at radius 3 is 3.00 bits per heavy atom. The number of ether oxygens (including phenoxy) is 2. The number of methoxy groups -OCH3 is 1. The van der Waals surface area contributed by atoms with Gasteiger partial charge in [0.1, 0.15) is 5.69 Å². The third-order valence-corrected chi connectivity index (χ3v) is 4.67. The average Bonchev–Trinajstić information content (AvgIpc) is 2.97. The first kappa shape index (κ1) is 18.5. The lowest BCUT2D eigenvalue weighted by Crippen LogP contribution is -2.29. The van der Waals surface area contributed by atoms with Crippen LogP contribution < -0.4 is 5.32 Å². The molecule has 26 heavy (non-hydrogen) atoms. The van der Waals surface area contributed by atoms with E-state index >= 15 is 0 Å². The van der Waals surface area contributed by atoms with Crippen LogP contribution in [0.15, 0.2) is 18.3 Å². The topological polar surface area (TPSA) is 78.3 Å². The number of nitrogens with zero attached hydrogens (tertiary/aromatic N) is 3. The summed E-state index contributed by atoms with van der Waals surface area (Å²) in [5.74, 6) is -0.126. The van der Waals surface area contributed by atoms with Gasteiger partial charge in [0, 0.05) is 37.5 Å². The van der Waals surface area contributed by atoms with E-state index < -0.39 is 0 Å². The van der Waals surface area contributed by atoms with Gasteiger partial charge in [0.05, 0.1) is 31.1 Å². The monoisotopic (exact) mass is 358 g/mol. The zero-order valence-electron chi connectivity index (χ0n) is 15.8. The molecule has 1 amide bonds. The summed E-state index contributed by atoms with van der Waals surface area (Å²) >= 11 is 0. The zero-order valence-corrected chi connectivity index (χ0v) is 15.8. The minimum Gasteiger partial charge on any atom is -0.383 e. The quantitative estimate of drug-likeness (QED) is 0.856. The first-order valence-electron chi connectivity index (χ1n) is 8.94. The van der Waals surface area contributed by atoms with Gasteiger partial charge in [-0.25, -0.2) is 0 Å². The highest BCUT2D eigenvalue weighted by atomic mass is 16.5. The van der Waals surface area contributed by atoms with Crippen molar-refractivity contribution in [3.63, 3.8) is 0 Å². The molecule has 3 rings (SSSR count). The van der Waals surface area contributed by atoms with Gasteiger partial charge in [-0.2, -0.15) is 5.10 Å². The van der Waals surface area contributed by atoms with Crippen LogP contribution in [0.2, 0.25) is 0 Å². The number of carbonyl (C=O) groups is 1. The molecule has 0 spiro atoms. The van der Waals surface area contributed by atoms with Crippen LogP contribution in [0.5, 0.6) is 0 Å². The summed E-state index contributed by atoms with van der Waals surface area (Å²) in [6.45, 7) is 7.39. The summed E-state index contributed by atoms with van der Waals surface area (Å²) in [6.07, 6.45) is 2.37. The van der Waals surface area contributed by atoms with E-state index in [1.165, 1.54) is 0 Å². The molecule has 2 aromatic rings. The van der Waals surface area contributed by atoms with E-state index in [-0.39, 0.29) is 18.1 Å². The maximum Gasteiger partial charge on any atom is 0.270 e. The van der Waals surface area contributed by atoms with Crippen molar-refractivity contribution in [2.75, 3.05) is 13.7 Å². The number of aromatic nitrogens is 3. The average molecular weight is 358 g/mol.